The fourth-order valence-electron chi connectivity index (χ4n) is 3.41. The van der Waals surface area contributed by atoms with Gasteiger partial charge in [0.1, 0.15) is 11.4 Å². The van der Waals surface area contributed by atoms with Gasteiger partial charge in [0.05, 0.1) is 11.9 Å². The van der Waals surface area contributed by atoms with Gasteiger partial charge in [0, 0.05) is 12.4 Å². The Kier molecular flexibility index (Phi) is 17.8. The minimum absolute atomic E-state index is 0.227. The molecule has 0 unspecified atom stereocenters. The Morgan fingerprint density at radius 2 is 1.25 bits per heavy atom. The summed E-state index contributed by atoms with van der Waals surface area (Å²) in [7, 11) is -2.08. The van der Waals surface area contributed by atoms with Crippen molar-refractivity contribution in [2.24, 2.45) is 10.2 Å². The number of nitrogen functional groups attached to an aromatic ring is 1. The summed E-state index contributed by atoms with van der Waals surface area (Å²) in [4.78, 5) is 0. The number of nitrogens with two attached hydrogens (primary N) is 1. The fraction of sp³-hybridized carbons (Fsp3) is 0.375. The van der Waals surface area contributed by atoms with Crippen molar-refractivity contribution < 1.29 is 18.1 Å². The summed E-state index contributed by atoms with van der Waals surface area (Å²) < 4.78 is 25.9. The second kappa shape index (κ2) is 19.6. The van der Waals surface area contributed by atoms with Gasteiger partial charge in [-0.15, -0.1) is 0 Å². The van der Waals surface area contributed by atoms with Gasteiger partial charge < -0.3 is 10.8 Å². The van der Waals surface area contributed by atoms with E-state index in [1.54, 1.807) is 13.1 Å². The maximum Gasteiger partial charge on any atom is 0.261 e. The molecule has 0 saturated heterocycles. The normalized spacial score (nSPS) is 10.3. The highest BCUT2D eigenvalue weighted by Crippen LogP contribution is 2.39. The first kappa shape index (κ1) is 36.5. The number of aromatic hydroxyl groups is 1. The number of hydrogen-bond donors (Lipinski definition) is 3. The number of azo groups is 1. The summed E-state index contributed by atoms with van der Waals surface area (Å²) in [5, 5.41) is 22.0. The van der Waals surface area contributed by atoms with E-state index in [1.807, 2.05) is 26.0 Å². The molecule has 0 aliphatic carbocycles. The third kappa shape index (κ3) is 14.1. The number of phenolic OH excluding ortho intramolecular Hbond substituents is 1. The van der Waals surface area contributed by atoms with Crippen molar-refractivity contribution in [1.82, 2.24) is 0 Å². The zero-order valence-corrected chi connectivity index (χ0v) is 26.1. The Balaban J connectivity index is 0.000000558. The molecule has 7 nitrogen and oxygen atoms in total. The summed E-state index contributed by atoms with van der Waals surface area (Å²) in [5.41, 5.74) is 8.94. The van der Waals surface area contributed by atoms with Crippen LogP contribution in [0.4, 0.5) is 11.4 Å². The Hall–Kier alpha value is -3.49. The summed E-state index contributed by atoms with van der Waals surface area (Å²) >= 11 is 0. The van der Waals surface area contributed by atoms with Gasteiger partial charge >= 0.3 is 0 Å². The van der Waals surface area contributed by atoms with Crippen LogP contribution in [0.1, 0.15) is 64.5 Å². The van der Waals surface area contributed by atoms with Crippen LogP contribution in [0, 0.1) is 13.8 Å². The number of benzene rings is 4. The molecule has 0 saturated carbocycles. The van der Waals surface area contributed by atoms with Crippen molar-refractivity contribution in [2.75, 3.05) is 19.0 Å². The number of unbranched alkanes of at least 4 members (excludes halogenated alkanes) is 2. The van der Waals surface area contributed by atoms with Crippen molar-refractivity contribution in [3.8, 4) is 5.75 Å². The molecule has 0 aromatic heterocycles. The molecule has 4 rings (SSSR count). The number of anilines is 1. The van der Waals surface area contributed by atoms with Crippen molar-refractivity contribution in [1.29, 1.82) is 0 Å². The highest BCUT2D eigenvalue weighted by Gasteiger charge is 2.12. The van der Waals surface area contributed by atoms with Crippen LogP contribution in [-0.2, 0) is 10.1 Å². The molecule has 0 amide bonds. The second-order valence-electron chi connectivity index (χ2n) is 9.20. The topological polar surface area (TPSA) is 125 Å². The summed E-state index contributed by atoms with van der Waals surface area (Å²) in [5.74, 6) is 0.227. The van der Waals surface area contributed by atoms with E-state index in [2.05, 4.69) is 86.5 Å². The number of rotatable bonds is 3. The monoisotopic (exact) mass is 569 g/mol. The lowest BCUT2D eigenvalue weighted by molar-refractivity contribution is 0.477. The minimum Gasteiger partial charge on any atom is -0.507 e. The number of fused-ring (bicyclic) bond motifs is 2. The van der Waals surface area contributed by atoms with Gasteiger partial charge in [0.2, 0.25) is 0 Å². The fourth-order valence-corrected chi connectivity index (χ4v) is 3.41. The van der Waals surface area contributed by atoms with Crippen LogP contribution in [0.2, 0.25) is 0 Å². The molecule has 0 aliphatic rings. The molecule has 0 atom stereocenters. The van der Waals surface area contributed by atoms with Crippen LogP contribution in [0.5, 0.6) is 5.75 Å². The lowest BCUT2D eigenvalue weighted by Gasteiger charge is -2.11. The number of phenols is 1. The molecule has 0 fully saturated rings. The van der Waals surface area contributed by atoms with Gasteiger partial charge in [-0.3, -0.25) is 4.55 Å². The van der Waals surface area contributed by atoms with Gasteiger partial charge in [0.15, 0.2) is 0 Å². The van der Waals surface area contributed by atoms with Crippen LogP contribution in [-0.4, -0.2) is 31.4 Å². The van der Waals surface area contributed by atoms with Crippen molar-refractivity contribution >= 4 is 43.0 Å². The predicted molar refractivity (Wildman–Crippen MR) is 173 cm³/mol. The van der Waals surface area contributed by atoms with Gasteiger partial charge in [-0.05, 0) is 47.2 Å². The Morgan fingerprint density at radius 3 is 1.60 bits per heavy atom. The Bertz CT molecular complexity index is 1360. The van der Waals surface area contributed by atoms with Gasteiger partial charge in [-0.1, -0.05) is 114 Å². The van der Waals surface area contributed by atoms with E-state index in [0.29, 0.717) is 23.0 Å². The Labute approximate surface area is 240 Å². The molecule has 40 heavy (non-hydrogen) atoms. The zero-order valence-electron chi connectivity index (χ0n) is 25.3. The molecule has 0 bridgehead atoms. The summed E-state index contributed by atoms with van der Waals surface area (Å²) in [6, 6.07) is 22.4. The van der Waals surface area contributed by atoms with Crippen LogP contribution in [0.15, 0.2) is 77.0 Å². The maximum atomic E-state index is 10.2. The summed E-state index contributed by atoms with van der Waals surface area (Å²) in [6.45, 7) is 12.5. The molecule has 4 aromatic carbocycles. The highest BCUT2D eigenvalue weighted by molar-refractivity contribution is 7.85. The third-order valence-electron chi connectivity index (χ3n) is 5.38. The lowest BCUT2D eigenvalue weighted by Crippen LogP contribution is -1.91. The van der Waals surface area contributed by atoms with E-state index in [0.717, 1.165) is 16.5 Å². The SMILES string of the molecule is CCC.CCCCC.CN=Nc1ccc2cc(C)c(C)c(O)c2c1N.CS(=O)(=O)O.c1ccc2ccccc2c1. The van der Waals surface area contributed by atoms with Gasteiger partial charge in [-0.2, -0.15) is 18.6 Å². The van der Waals surface area contributed by atoms with E-state index in [9.17, 15) is 13.5 Å². The molecular formula is C32H47N3O4S. The first-order valence-electron chi connectivity index (χ1n) is 13.5. The molecule has 4 N–H and O–H groups in total. The zero-order chi connectivity index (χ0) is 30.7. The molecule has 0 heterocycles. The number of hydrogen-bond acceptors (Lipinski definition) is 6. The molecule has 4 aromatic rings. The first-order chi connectivity index (χ1) is 18.9. The quantitative estimate of drug-likeness (QED) is 0.129. The summed E-state index contributed by atoms with van der Waals surface area (Å²) in [6.07, 6.45) is 6.04. The van der Waals surface area contributed by atoms with Crippen LogP contribution >= 0.6 is 0 Å². The van der Waals surface area contributed by atoms with Crippen LogP contribution < -0.4 is 5.73 Å². The molecule has 8 heteroatoms. The largest absolute Gasteiger partial charge is 0.507 e. The first-order valence-corrected chi connectivity index (χ1v) is 15.4. The molecular weight excluding hydrogens is 522 g/mol. The standard InChI is InChI=1S/C13H15N3O.C10H8.C5H12.C3H8.CH4O3S/c1-7-6-9-4-5-10(16-15-3)12(14)11(9)13(17)8(7)2;1-2-6-10-8-4-3-7-9(10)5-1;1-3-5-4-2;1-3-2;1-5(2,3)4/h4-6,17H,14H2,1-3H3;1-8H;3-5H2,1-2H3;3H2,1-2H3;1H3,(H,2,3,4). The number of nitrogens with zero attached hydrogens (tertiary/aromatic N) is 2. The predicted octanol–water partition coefficient (Wildman–Crippen LogP) is 9.41. The lowest BCUT2D eigenvalue weighted by atomic mass is 9.99. The van der Waals surface area contributed by atoms with Crippen LogP contribution in [0.25, 0.3) is 21.5 Å². The average molecular weight is 570 g/mol. The average Bonchev–Trinajstić information content (AvgIpc) is 2.90. The van der Waals surface area contributed by atoms with E-state index in [-0.39, 0.29) is 5.75 Å². The number of aryl methyl sites for hydroxylation is 1. The van der Waals surface area contributed by atoms with Crippen LogP contribution in [0.3, 0.4) is 0 Å². The molecule has 0 spiro atoms. The van der Waals surface area contributed by atoms with E-state index >= 15 is 0 Å². The van der Waals surface area contributed by atoms with E-state index in [4.69, 9.17) is 10.3 Å². The molecule has 0 aliphatic heterocycles. The van der Waals surface area contributed by atoms with Gasteiger partial charge in [0.25, 0.3) is 10.1 Å². The van der Waals surface area contributed by atoms with Crippen molar-refractivity contribution in [3.63, 3.8) is 0 Å². The van der Waals surface area contributed by atoms with Gasteiger partial charge in [-0.25, -0.2) is 0 Å². The smallest absolute Gasteiger partial charge is 0.261 e. The molecule has 0 radical (unpaired) electrons. The maximum absolute atomic E-state index is 10.2. The Morgan fingerprint density at radius 1 is 0.825 bits per heavy atom. The molecule has 220 valence electrons. The van der Waals surface area contributed by atoms with E-state index < -0.39 is 10.1 Å². The third-order valence-corrected chi connectivity index (χ3v) is 5.38. The minimum atomic E-state index is -3.67. The van der Waals surface area contributed by atoms with E-state index in [1.165, 1.54) is 36.5 Å². The van der Waals surface area contributed by atoms with Crippen molar-refractivity contribution in [3.05, 3.63) is 77.9 Å². The highest BCUT2D eigenvalue weighted by atomic mass is 32.2. The van der Waals surface area contributed by atoms with Crippen molar-refractivity contribution in [2.45, 2.75) is 67.2 Å². The second-order valence-corrected chi connectivity index (χ2v) is 10.7.